The number of aromatic nitrogens is 2. The van der Waals surface area contributed by atoms with Gasteiger partial charge in [0.25, 0.3) is 5.82 Å². The minimum atomic E-state index is 0.511. The molecule has 3 heteroatoms. The molecule has 0 unspecified atom stereocenters. The zero-order valence-electron chi connectivity index (χ0n) is 6.94. The fourth-order valence-corrected chi connectivity index (χ4v) is 1.23. The summed E-state index contributed by atoms with van der Waals surface area (Å²) < 4.78 is 1.61. The third kappa shape index (κ3) is 1.09. The maximum absolute atomic E-state index is 6.97. The molecule has 2 aromatic heterocycles. The molecule has 0 aromatic carbocycles. The highest BCUT2D eigenvalue weighted by atomic mass is 15.2. The number of hydrogen-bond donors (Lipinski definition) is 0. The van der Waals surface area contributed by atoms with Crippen LogP contribution in [0.5, 0.6) is 0 Å². The lowest BCUT2D eigenvalue weighted by Crippen LogP contribution is -1.87. The molecule has 0 aliphatic heterocycles. The number of pyridine rings is 1. The number of rotatable bonds is 1. The fourth-order valence-electron chi connectivity index (χ4n) is 1.23. The number of nitrogens with zero attached hydrogens (tertiary/aromatic N) is 3. The Kier molecular flexibility index (Phi) is 1.60. The van der Waals surface area contributed by atoms with Gasteiger partial charge in [-0.25, -0.2) is 0 Å². The topological polar surface area (TPSA) is 21.7 Å². The van der Waals surface area contributed by atoms with E-state index in [-0.39, 0.29) is 0 Å². The highest BCUT2D eigenvalue weighted by Gasteiger charge is 2.03. The Hall–Kier alpha value is -2.08. The lowest BCUT2D eigenvalue weighted by molar-refractivity contribution is 0.979. The molecule has 0 radical (unpaired) electrons. The van der Waals surface area contributed by atoms with E-state index in [0.29, 0.717) is 5.82 Å². The fraction of sp³-hybridized carbons (Fsp3) is 0. The molecule has 3 nitrogen and oxygen atoms in total. The van der Waals surface area contributed by atoms with Crippen LogP contribution < -0.4 is 0 Å². The van der Waals surface area contributed by atoms with E-state index in [4.69, 9.17) is 6.57 Å². The summed E-state index contributed by atoms with van der Waals surface area (Å²) in [7, 11) is 0. The van der Waals surface area contributed by atoms with E-state index in [9.17, 15) is 0 Å². The van der Waals surface area contributed by atoms with Crippen LogP contribution in [0.2, 0.25) is 0 Å². The van der Waals surface area contributed by atoms with Crippen LogP contribution in [-0.4, -0.2) is 9.61 Å². The van der Waals surface area contributed by atoms with Crippen molar-refractivity contribution in [3.63, 3.8) is 0 Å². The molecule has 0 aliphatic rings. The first-order chi connectivity index (χ1) is 6.35. The van der Waals surface area contributed by atoms with Gasteiger partial charge in [0.1, 0.15) is 5.52 Å². The molecular formula is C10H7N3. The molecule has 62 valence electrons. The second kappa shape index (κ2) is 2.76. The predicted octanol–water partition coefficient (Wildman–Crippen LogP) is 2.53. The number of hydrogen-bond acceptors (Lipinski definition) is 1. The van der Waals surface area contributed by atoms with Crippen molar-refractivity contribution >= 4 is 17.4 Å². The van der Waals surface area contributed by atoms with E-state index in [0.717, 1.165) is 11.1 Å². The highest BCUT2D eigenvalue weighted by molar-refractivity contribution is 5.63. The van der Waals surface area contributed by atoms with E-state index >= 15 is 0 Å². The first kappa shape index (κ1) is 7.56. The van der Waals surface area contributed by atoms with Gasteiger partial charge in [-0.3, -0.25) is 0 Å². The van der Waals surface area contributed by atoms with Crippen LogP contribution in [-0.2, 0) is 0 Å². The van der Waals surface area contributed by atoms with Crippen molar-refractivity contribution in [3.05, 3.63) is 48.0 Å². The van der Waals surface area contributed by atoms with Crippen LogP contribution in [0.25, 0.3) is 16.4 Å². The lowest BCUT2D eigenvalue weighted by Gasteiger charge is -1.97. The normalized spacial score (nSPS) is 9.77. The van der Waals surface area contributed by atoms with Crippen molar-refractivity contribution in [2.24, 2.45) is 0 Å². The Morgan fingerprint density at radius 1 is 1.54 bits per heavy atom. The predicted molar refractivity (Wildman–Crippen MR) is 51.5 cm³/mol. The molecule has 0 aliphatic carbocycles. The van der Waals surface area contributed by atoms with Crippen LogP contribution >= 0.6 is 0 Å². The maximum Gasteiger partial charge on any atom is 0.256 e. The van der Waals surface area contributed by atoms with Gasteiger partial charge in [0, 0.05) is 6.07 Å². The van der Waals surface area contributed by atoms with Crippen molar-refractivity contribution in [2.75, 3.05) is 0 Å². The third-order valence-electron chi connectivity index (χ3n) is 1.85. The first-order valence-electron chi connectivity index (χ1n) is 3.83. The van der Waals surface area contributed by atoms with Gasteiger partial charge < -0.3 is 4.85 Å². The third-order valence-corrected chi connectivity index (χ3v) is 1.85. The highest BCUT2D eigenvalue weighted by Crippen LogP contribution is 2.18. The van der Waals surface area contributed by atoms with Crippen molar-refractivity contribution in [1.82, 2.24) is 9.61 Å². The van der Waals surface area contributed by atoms with E-state index in [2.05, 4.69) is 16.5 Å². The monoisotopic (exact) mass is 169 g/mol. The molecule has 0 spiro atoms. The SMILES string of the molecule is [C-]#[N+]c1cc(C=C)cc2ccnn12. The Morgan fingerprint density at radius 3 is 3.08 bits per heavy atom. The maximum atomic E-state index is 6.97. The molecule has 2 aromatic rings. The van der Waals surface area contributed by atoms with E-state index in [1.54, 1.807) is 22.9 Å². The van der Waals surface area contributed by atoms with Gasteiger partial charge in [0.05, 0.1) is 6.20 Å². The van der Waals surface area contributed by atoms with Gasteiger partial charge in [-0.1, -0.05) is 19.2 Å². The Morgan fingerprint density at radius 2 is 2.38 bits per heavy atom. The van der Waals surface area contributed by atoms with Gasteiger partial charge in [-0.2, -0.15) is 4.52 Å². The molecule has 0 saturated carbocycles. The Balaban J connectivity index is 2.86. The molecular weight excluding hydrogens is 162 g/mol. The molecule has 0 N–H and O–H groups in total. The Labute approximate surface area is 75.7 Å². The van der Waals surface area contributed by atoms with Crippen LogP contribution in [0.15, 0.2) is 31.0 Å². The van der Waals surface area contributed by atoms with Crippen molar-refractivity contribution in [2.45, 2.75) is 0 Å². The van der Waals surface area contributed by atoms with Gasteiger partial charge in [-0.15, -0.1) is 5.10 Å². The zero-order chi connectivity index (χ0) is 9.26. The second-order valence-corrected chi connectivity index (χ2v) is 2.63. The van der Waals surface area contributed by atoms with Crippen molar-refractivity contribution < 1.29 is 0 Å². The molecule has 0 saturated heterocycles. The summed E-state index contributed by atoms with van der Waals surface area (Å²) in [6.45, 7) is 10.6. The molecule has 0 bridgehead atoms. The molecule has 2 heterocycles. The molecule has 13 heavy (non-hydrogen) atoms. The smallest absolute Gasteiger partial charge is 0.256 e. The largest absolute Gasteiger partial charge is 0.362 e. The Bertz CT molecular complexity index is 502. The lowest BCUT2D eigenvalue weighted by atomic mass is 10.2. The van der Waals surface area contributed by atoms with Crippen molar-refractivity contribution in [3.8, 4) is 0 Å². The summed E-state index contributed by atoms with van der Waals surface area (Å²) >= 11 is 0. The molecule has 0 atom stereocenters. The van der Waals surface area contributed by atoms with Gasteiger partial charge in [-0.05, 0) is 17.7 Å². The van der Waals surface area contributed by atoms with E-state index < -0.39 is 0 Å². The van der Waals surface area contributed by atoms with Gasteiger partial charge >= 0.3 is 0 Å². The van der Waals surface area contributed by atoms with Crippen LogP contribution in [0.4, 0.5) is 5.82 Å². The minimum absolute atomic E-state index is 0.511. The summed E-state index contributed by atoms with van der Waals surface area (Å²) in [5, 5.41) is 4.03. The molecule has 0 fully saturated rings. The summed E-state index contributed by atoms with van der Waals surface area (Å²) in [6, 6.07) is 5.57. The van der Waals surface area contributed by atoms with Crippen molar-refractivity contribution in [1.29, 1.82) is 0 Å². The quantitative estimate of drug-likeness (QED) is 0.601. The number of fused-ring (bicyclic) bond motifs is 1. The van der Waals surface area contributed by atoms with Crippen LogP contribution in [0, 0.1) is 6.57 Å². The second-order valence-electron chi connectivity index (χ2n) is 2.63. The van der Waals surface area contributed by atoms with Crippen LogP contribution in [0.3, 0.4) is 0 Å². The summed E-state index contributed by atoms with van der Waals surface area (Å²) in [5.74, 6) is 0.511. The summed E-state index contributed by atoms with van der Waals surface area (Å²) in [6.07, 6.45) is 3.40. The standard InChI is InChI=1S/C10H7N3/c1-3-8-6-9-4-5-12-13(9)10(7-8)11-2/h3-7H,1H2. The molecule has 0 amide bonds. The van der Waals surface area contributed by atoms with Gasteiger partial charge in [0.15, 0.2) is 0 Å². The first-order valence-corrected chi connectivity index (χ1v) is 3.83. The molecule has 2 rings (SSSR count). The van der Waals surface area contributed by atoms with E-state index in [1.807, 2.05) is 12.1 Å². The van der Waals surface area contributed by atoms with Crippen LogP contribution in [0.1, 0.15) is 5.56 Å². The van der Waals surface area contributed by atoms with Gasteiger partial charge in [0.2, 0.25) is 0 Å². The summed E-state index contributed by atoms with van der Waals surface area (Å²) in [4.78, 5) is 3.38. The summed E-state index contributed by atoms with van der Waals surface area (Å²) in [5.41, 5.74) is 1.86. The zero-order valence-corrected chi connectivity index (χ0v) is 6.94. The minimum Gasteiger partial charge on any atom is -0.362 e. The average molecular weight is 169 g/mol. The average Bonchev–Trinajstić information content (AvgIpc) is 2.63. The van der Waals surface area contributed by atoms with E-state index in [1.165, 1.54) is 0 Å².